The first kappa shape index (κ1) is 13.2. The molecule has 1 heterocycles. The Hall–Kier alpha value is -1.23. The van der Waals surface area contributed by atoms with E-state index < -0.39 is 6.10 Å². The van der Waals surface area contributed by atoms with Crippen molar-refractivity contribution in [1.29, 1.82) is 5.26 Å². The number of aliphatic hydroxyl groups is 1. The van der Waals surface area contributed by atoms with E-state index >= 15 is 0 Å². The van der Waals surface area contributed by atoms with Crippen molar-refractivity contribution < 1.29 is 5.11 Å². The molecular formula is C12H7ClIN3O. The average Bonchev–Trinajstić information content (AvgIpc) is 2.37. The van der Waals surface area contributed by atoms with Gasteiger partial charge in [0.25, 0.3) is 0 Å². The minimum absolute atomic E-state index is 0.0928. The SMILES string of the molecule is N#Cc1ccc(C(O)c2ccnc(Cl)n2)c(I)c1. The molecule has 2 aromatic rings. The van der Waals surface area contributed by atoms with E-state index in [1.165, 1.54) is 6.20 Å². The van der Waals surface area contributed by atoms with Crippen LogP contribution in [0.4, 0.5) is 0 Å². The third-order valence-electron chi connectivity index (χ3n) is 2.35. The van der Waals surface area contributed by atoms with Crippen LogP contribution in [0.2, 0.25) is 5.28 Å². The molecule has 6 heteroatoms. The van der Waals surface area contributed by atoms with Gasteiger partial charge >= 0.3 is 0 Å². The lowest BCUT2D eigenvalue weighted by Gasteiger charge is -2.12. The molecule has 1 aromatic heterocycles. The molecule has 1 N–H and O–H groups in total. The van der Waals surface area contributed by atoms with E-state index in [-0.39, 0.29) is 5.28 Å². The molecule has 90 valence electrons. The van der Waals surface area contributed by atoms with Gasteiger partial charge in [-0.3, -0.25) is 0 Å². The third kappa shape index (κ3) is 2.77. The Bertz CT molecular complexity index is 627. The average molecular weight is 372 g/mol. The lowest BCUT2D eigenvalue weighted by Crippen LogP contribution is -2.05. The number of hydrogen-bond donors (Lipinski definition) is 1. The van der Waals surface area contributed by atoms with Gasteiger partial charge in [0.2, 0.25) is 5.28 Å². The largest absolute Gasteiger partial charge is 0.382 e. The first-order chi connectivity index (χ1) is 8.61. The molecule has 0 aliphatic rings. The van der Waals surface area contributed by atoms with Crippen LogP contribution in [0.25, 0.3) is 0 Å². The van der Waals surface area contributed by atoms with Crippen LogP contribution < -0.4 is 0 Å². The summed E-state index contributed by atoms with van der Waals surface area (Å²) >= 11 is 7.76. The molecule has 0 aliphatic heterocycles. The standard InChI is InChI=1S/C12H7ClIN3O/c13-12-16-4-3-10(17-12)11(18)8-2-1-7(6-15)5-9(8)14/h1-5,11,18H. The predicted octanol–water partition coefficient (Wildman–Crippen LogP) is 2.69. The maximum absolute atomic E-state index is 10.2. The molecule has 0 saturated carbocycles. The molecule has 0 aliphatic carbocycles. The van der Waals surface area contributed by atoms with Crippen molar-refractivity contribution in [3.8, 4) is 6.07 Å². The molecule has 4 nitrogen and oxygen atoms in total. The fourth-order valence-electron chi connectivity index (χ4n) is 1.48. The maximum atomic E-state index is 10.2. The first-order valence-corrected chi connectivity index (χ1v) is 6.43. The van der Waals surface area contributed by atoms with Crippen LogP contribution in [0.1, 0.15) is 22.9 Å². The molecule has 2 rings (SSSR count). The second-order valence-electron chi connectivity index (χ2n) is 3.50. The summed E-state index contributed by atoms with van der Waals surface area (Å²) < 4.78 is 0.800. The van der Waals surface area contributed by atoms with Crippen LogP contribution in [0.15, 0.2) is 30.5 Å². The molecule has 1 atom stereocenters. The van der Waals surface area contributed by atoms with E-state index in [2.05, 4.69) is 32.6 Å². The molecule has 1 aromatic carbocycles. The minimum atomic E-state index is -0.884. The molecule has 0 amide bonds. The van der Waals surface area contributed by atoms with Gasteiger partial charge in [0.15, 0.2) is 0 Å². The Morgan fingerprint density at radius 1 is 1.39 bits per heavy atom. The fourth-order valence-corrected chi connectivity index (χ4v) is 2.44. The highest BCUT2D eigenvalue weighted by molar-refractivity contribution is 14.1. The Kier molecular flexibility index (Phi) is 4.11. The van der Waals surface area contributed by atoms with Crippen molar-refractivity contribution in [1.82, 2.24) is 9.97 Å². The van der Waals surface area contributed by atoms with Crippen molar-refractivity contribution in [2.24, 2.45) is 0 Å². The van der Waals surface area contributed by atoms with Gasteiger partial charge in [0.1, 0.15) is 6.10 Å². The summed E-state index contributed by atoms with van der Waals surface area (Å²) in [5.41, 5.74) is 1.66. The van der Waals surface area contributed by atoms with Gasteiger partial charge in [-0.2, -0.15) is 5.26 Å². The van der Waals surface area contributed by atoms with Crippen molar-refractivity contribution in [2.45, 2.75) is 6.10 Å². The number of benzene rings is 1. The van der Waals surface area contributed by atoms with Gasteiger partial charge in [-0.15, -0.1) is 0 Å². The fraction of sp³-hybridized carbons (Fsp3) is 0.0833. The smallest absolute Gasteiger partial charge is 0.222 e. The molecule has 0 bridgehead atoms. The molecule has 0 fully saturated rings. The predicted molar refractivity (Wildman–Crippen MR) is 75.0 cm³/mol. The van der Waals surface area contributed by atoms with Crippen LogP contribution in [0.5, 0.6) is 0 Å². The monoisotopic (exact) mass is 371 g/mol. The van der Waals surface area contributed by atoms with Gasteiger partial charge < -0.3 is 5.11 Å². The molecule has 18 heavy (non-hydrogen) atoms. The highest BCUT2D eigenvalue weighted by Crippen LogP contribution is 2.26. The number of nitriles is 1. The summed E-state index contributed by atoms with van der Waals surface area (Å²) in [5.74, 6) is 0. The number of halogens is 2. The highest BCUT2D eigenvalue weighted by Gasteiger charge is 2.15. The molecule has 0 saturated heterocycles. The van der Waals surface area contributed by atoms with Crippen molar-refractivity contribution in [3.05, 3.63) is 56.1 Å². The van der Waals surface area contributed by atoms with E-state index in [0.29, 0.717) is 16.8 Å². The highest BCUT2D eigenvalue weighted by atomic mass is 127. The number of rotatable bonds is 2. The van der Waals surface area contributed by atoms with E-state index in [0.717, 1.165) is 3.57 Å². The van der Waals surface area contributed by atoms with Crippen LogP contribution in [-0.2, 0) is 0 Å². The van der Waals surface area contributed by atoms with Crippen molar-refractivity contribution >= 4 is 34.2 Å². The summed E-state index contributed by atoms with van der Waals surface area (Å²) in [6.45, 7) is 0. The number of hydrogen-bond acceptors (Lipinski definition) is 4. The van der Waals surface area contributed by atoms with E-state index in [4.69, 9.17) is 16.9 Å². The summed E-state index contributed by atoms with van der Waals surface area (Å²) in [4.78, 5) is 7.73. The summed E-state index contributed by atoms with van der Waals surface area (Å²) in [5, 5.41) is 19.1. The molecular weight excluding hydrogens is 365 g/mol. The van der Waals surface area contributed by atoms with Crippen LogP contribution in [-0.4, -0.2) is 15.1 Å². The van der Waals surface area contributed by atoms with E-state index in [1.807, 2.05) is 6.07 Å². The first-order valence-electron chi connectivity index (χ1n) is 4.98. The molecule has 1 unspecified atom stereocenters. The number of aromatic nitrogens is 2. The third-order valence-corrected chi connectivity index (χ3v) is 3.47. The van der Waals surface area contributed by atoms with Crippen LogP contribution in [0.3, 0.4) is 0 Å². The van der Waals surface area contributed by atoms with Crippen LogP contribution in [0, 0.1) is 14.9 Å². The Labute approximate surface area is 122 Å². The van der Waals surface area contributed by atoms with Gasteiger partial charge in [-0.1, -0.05) is 6.07 Å². The summed E-state index contributed by atoms with van der Waals surface area (Å²) in [7, 11) is 0. The lowest BCUT2D eigenvalue weighted by atomic mass is 10.0. The topological polar surface area (TPSA) is 69.8 Å². The van der Waals surface area contributed by atoms with E-state index in [1.54, 1.807) is 24.3 Å². The normalized spacial score (nSPS) is 11.9. The summed E-state index contributed by atoms with van der Waals surface area (Å²) in [6, 6.07) is 8.73. The number of aliphatic hydroxyl groups excluding tert-OH is 1. The van der Waals surface area contributed by atoms with Crippen LogP contribution >= 0.6 is 34.2 Å². The molecule has 0 spiro atoms. The summed E-state index contributed by atoms with van der Waals surface area (Å²) in [6.07, 6.45) is 0.606. The zero-order valence-electron chi connectivity index (χ0n) is 9.01. The van der Waals surface area contributed by atoms with Gasteiger partial charge in [0.05, 0.1) is 17.3 Å². The lowest BCUT2D eigenvalue weighted by molar-refractivity contribution is 0.214. The maximum Gasteiger partial charge on any atom is 0.222 e. The minimum Gasteiger partial charge on any atom is -0.382 e. The van der Waals surface area contributed by atoms with E-state index in [9.17, 15) is 5.11 Å². The van der Waals surface area contributed by atoms with Gasteiger partial charge in [-0.25, -0.2) is 9.97 Å². The zero-order chi connectivity index (χ0) is 13.1. The van der Waals surface area contributed by atoms with Gasteiger partial charge in [-0.05, 0) is 58.0 Å². The Morgan fingerprint density at radius 3 is 2.78 bits per heavy atom. The number of nitrogens with zero attached hydrogens (tertiary/aromatic N) is 3. The Balaban J connectivity index is 2.40. The van der Waals surface area contributed by atoms with Crippen molar-refractivity contribution in [3.63, 3.8) is 0 Å². The quantitative estimate of drug-likeness (QED) is 0.651. The Morgan fingerprint density at radius 2 is 2.17 bits per heavy atom. The van der Waals surface area contributed by atoms with Gasteiger partial charge in [0, 0.05) is 9.77 Å². The second-order valence-corrected chi connectivity index (χ2v) is 5.00. The van der Waals surface area contributed by atoms with Crippen molar-refractivity contribution in [2.75, 3.05) is 0 Å². The second kappa shape index (κ2) is 5.61. The zero-order valence-corrected chi connectivity index (χ0v) is 11.9. The molecule has 0 radical (unpaired) electrons.